The lowest BCUT2D eigenvalue weighted by Crippen LogP contribution is -2.06. The standard InChI is InChI=1S/C19H15N5O2S/c1-27(25)19-20-11-16-17(24-19)18(22-12-21-16)23-13-6-5-9-15(10-13)26-14-7-3-2-4-8-14/h2-12H,1H3,(H,21,22,23). The van der Waals surface area contributed by atoms with Crippen LogP contribution in [0.5, 0.6) is 11.5 Å². The molecule has 2 aromatic carbocycles. The van der Waals surface area contributed by atoms with E-state index in [1.54, 1.807) is 6.20 Å². The van der Waals surface area contributed by atoms with Gasteiger partial charge in [-0.25, -0.2) is 9.97 Å². The van der Waals surface area contributed by atoms with E-state index in [0.29, 0.717) is 22.6 Å². The molecular weight excluding hydrogens is 362 g/mol. The summed E-state index contributed by atoms with van der Waals surface area (Å²) in [6, 6.07) is 17.1. The Morgan fingerprint density at radius 1 is 0.963 bits per heavy atom. The van der Waals surface area contributed by atoms with Gasteiger partial charge in [-0.3, -0.25) is 0 Å². The number of nitrogens with one attached hydrogen (secondary N) is 1. The fourth-order valence-corrected chi connectivity index (χ4v) is 2.89. The highest BCUT2D eigenvalue weighted by atomic mass is 32.2. The van der Waals surface area contributed by atoms with Crippen molar-refractivity contribution in [3.8, 4) is 11.5 Å². The Kier molecular flexibility index (Phi) is 4.82. The van der Waals surface area contributed by atoms with Gasteiger partial charge < -0.3 is 14.6 Å². The molecule has 0 amide bonds. The van der Waals surface area contributed by atoms with Gasteiger partial charge in [0.1, 0.15) is 35.1 Å². The van der Waals surface area contributed by atoms with Gasteiger partial charge in [0.25, 0.3) is 0 Å². The van der Waals surface area contributed by atoms with Gasteiger partial charge in [-0.05, 0) is 24.3 Å². The Labute approximate surface area is 158 Å². The van der Waals surface area contributed by atoms with Crippen molar-refractivity contribution in [3.05, 3.63) is 67.1 Å². The van der Waals surface area contributed by atoms with Crippen molar-refractivity contribution in [2.75, 3.05) is 11.6 Å². The van der Waals surface area contributed by atoms with Crippen LogP contribution in [0.1, 0.15) is 0 Å². The number of ether oxygens (including phenoxy) is 1. The summed E-state index contributed by atoms with van der Waals surface area (Å²) in [4.78, 5) is 16.8. The molecule has 2 heterocycles. The summed E-state index contributed by atoms with van der Waals surface area (Å²) in [6.45, 7) is 0. The molecule has 1 unspecified atom stereocenters. The van der Waals surface area contributed by atoms with Crippen molar-refractivity contribution < 1.29 is 9.29 Å². The third kappa shape index (κ3) is 3.97. The third-order valence-electron chi connectivity index (χ3n) is 3.69. The molecule has 0 fully saturated rings. The van der Waals surface area contributed by atoms with E-state index in [9.17, 15) is 4.55 Å². The highest BCUT2D eigenvalue weighted by molar-refractivity contribution is 7.90. The summed E-state index contributed by atoms with van der Waals surface area (Å²) in [5.74, 6) is 1.95. The molecule has 1 N–H and O–H groups in total. The maximum Gasteiger partial charge on any atom is 0.343 e. The van der Waals surface area contributed by atoms with Gasteiger partial charge in [0, 0.05) is 22.9 Å². The Balaban J connectivity index is 1.64. The van der Waals surface area contributed by atoms with Gasteiger partial charge >= 0.3 is 5.16 Å². The molecule has 0 saturated carbocycles. The lowest BCUT2D eigenvalue weighted by molar-refractivity contribution is 0.483. The van der Waals surface area contributed by atoms with Crippen molar-refractivity contribution in [2.24, 2.45) is 0 Å². The average molecular weight is 377 g/mol. The maximum atomic E-state index is 11.7. The fourth-order valence-electron chi connectivity index (χ4n) is 2.47. The first kappa shape index (κ1) is 17.2. The van der Waals surface area contributed by atoms with Gasteiger partial charge in [-0.15, -0.1) is 0 Å². The topological polar surface area (TPSA) is 95.9 Å². The van der Waals surface area contributed by atoms with Crippen LogP contribution in [0.25, 0.3) is 11.0 Å². The first-order valence-corrected chi connectivity index (χ1v) is 9.66. The van der Waals surface area contributed by atoms with E-state index < -0.39 is 11.2 Å². The Bertz CT molecular complexity index is 1080. The van der Waals surface area contributed by atoms with Crippen molar-refractivity contribution in [1.29, 1.82) is 0 Å². The third-order valence-corrected chi connectivity index (χ3v) is 4.40. The first-order chi connectivity index (χ1) is 13.2. The van der Waals surface area contributed by atoms with E-state index in [1.807, 2.05) is 54.6 Å². The fraction of sp³-hybridized carbons (Fsp3) is 0.0526. The number of hydrogen-bond acceptors (Lipinski definition) is 7. The second-order valence-electron chi connectivity index (χ2n) is 5.63. The van der Waals surface area contributed by atoms with E-state index in [4.69, 9.17) is 4.74 Å². The van der Waals surface area contributed by atoms with Crippen LogP contribution >= 0.6 is 0 Å². The molecule has 0 saturated heterocycles. The zero-order chi connectivity index (χ0) is 18.6. The number of aromatic nitrogens is 4. The molecule has 7 nitrogen and oxygen atoms in total. The Hall–Kier alpha value is -3.23. The molecule has 0 bridgehead atoms. The van der Waals surface area contributed by atoms with Gasteiger partial charge in [0.15, 0.2) is 5.82 Å². The minimum Gasteiger partial charge on any atom is -0.609 e. The van der Waals surface area contributed by atoms with Crippen molar-refractivity contribution in [3.63, 3.8) is 0 Å². The van der Waals surface area contributed by atoms with Gasteiger partial charge in [-0.1, -0.05) is 24.3 Å². The summed E-state index contributed by atoms with van der Waals surface area (Å²) in [7, 11) is 0. The molecule has 2 aromatic heterocycles. The summed E-state index contributed by atoms with van der Waals surface area (Å²) in [5.41, 5.74) is 1.85. The predicted molar refractivity (Wildman–Crippen MR) is 104 cm³/mol. The predicted octanol–water partition coefficient (Wildman–Crippen LogP) is 3.69. The second kappa shape index (κ2) is 7.56. The van der Waals surface area contributed by atoms with Crippen molar-refractivity contribution in [1.82, 2.24) is 19.9 Å². The Morgan fingerprint density at radius 3 is 2.59 bits per heavy atom. The van der Waals surface area contributed by atoms with Crippen LogP contribution in [-0.2, 0) is 11.2 Å². The molecule has 0 aliphatic rings. The lowest BCUT2D eigenvalue weighted by atomic mass is 10.3. The molecular formula is C19H15N5O2S. The first-order valence-electron chi connectivity index (χ1n) is 8.10. The quantitative estimate of drug-likeness (QED) is 0.418. The molecule has 0 radical (unpaired) electrons. The van der Waals surface area contributed by atoms with E-state index in [1.165, 1.54) is 12.6 Å². The van der Waals surface area contributed by atoms with Gasteiger partial charge in [0.05, 0.1) is 6.20 Å². The molecule has 27 heavy (non-hydrogen) atoms. The number of anilines is 2. The smallest absolute Gasteiger partial charge is 0.343 e. The van der Waals surface area contributed by atoms with Crippen LogP contribution in [0.4, 0.5) is 11.5 Å². The molecule has 134 valence electrons. The summed E-state index contributed by atoms with van der Waals surface area (Å²) in [5, 5.41) is 3.46. The van der Waals surface area contributed by atoms with Crippen LogP contribution in [0.3, 0.4) is 0 Å². The van der Waals surface area contributed by atoms with Crippen LogP contribution in [0.15, 0.2) is 72.3 Å². The molecule has 4 aromatic rings. The maximum absolute atomic E-state index is 11.7. The van der Waals surface area contributed by atoms with E-state index in [2.05, 4.69) is 25.3 Å². The molecule has 4 rings (SSSR count). The van der Waals surface area contributed by atoms with Crippen LogP contribution in [0, 0.1) is 0 Å². The van der Waals surface area contributed by atoms with E-state index in [-0.39, 0.29) is 5.16 Å². The average Bonchev–Trinajstić information content (AvgIpc) is 2.69. The molecule has 0 aliphatic heterocycles. The monoisotopic (exact) mass is 377 g/mol. The largest absolute Gasteiger partial charge is 0.609 e. The minimum atomic E-state index is -1.29. The van der Waals surface area contributed by atoms with Crippen LogP contribution < -0.4 is 10.1 Å². The zero-order valence-corrected chi connectivity index (χ0v) is 15.2. The number of rotatable bonds is 5. The molecule has 8 heteroatoms. The normalized spacial score (nSPS) is 11.9. The van der Waals surface area contributed by atoms with Crippen molar-refractivity contribution >= 4 is 33.7 Å². The van der Waals surface area contributed by atoms with Crippen molar-refractivity contribution in [2.45, 2.75) is 5.16 Å². The molecule has 1 atom stereocenters. The molecule has 0 aliphatic carbocycles. The summed E-state index contributed by atoms with van der Waals surface area (Å²) < 4.78 is 17.5. The lowest BCUT2D eigenvalue weighted by Gasteiger charge is -2.10. The minimum absolute atomic E-state index is 0.238. The SMILES string of the molecule is C[S+]([O-])c1ncc2ncnc(Nc3cccc(Oc4ccccc4)c3)c2n1. The van der Waals surface area contributed by atoms with E-state index >= 15 is 0 Å². The second-order valence-corrected chi connectivity index (χ2v) is 6.90. The number of para-hydroxylation sites is 1. The van der Waals surface area contributed by atoms with Gasteiger partial charge in [0.2, 0.25) is 0 Å². The number of fused-ring (bicyclic) bond motifs is 1. The number of nitrogens with zero attached hydrogens (tertiary/aromatic N) is 4. The highest BCUT2D eigenvalue weighted by Crippen LogP contribution is 2.27. The molecule has 0 spiro atoms. The number of benzene rings is 2. The summed E-state index contributed by atoms with van der Waals surface area (Å²) >= 11 is -1.29. The zero-order valence-electron chi connectivity index (χ0n) is 14.4. The van der Waals surface area contributed by atoms with Gasteiger partial charge in [-0.2, -0.15) is 9.97 Å². The highest BCUT2D eigenvalue weighted by Gasteiger charge is 2.13. The number of hydrogen-bond donors (Lipinski definition) is 1. The van der Waals surface area contributed by atoms with E-state index in [0.717, 1.165) is 11.4 Å². The van der Waals surface area contributed by atoms with Crippen LogP contribution in [0.2, 0.25) is 0 Å². The van der Waals surface area contributed by atoms with Crippen LogP contribution in [-0.4, -0.2) is 30.7 Å². The Morgan fingerprint density at radius 2 is 1.78 bits per heavy atom. The summed E-state index contributed by atoms with van der Waals surface area (Å²) in [6.07, 6.45) is 4.50.